The van der Waals surface area contributed by atoms with E-state index in [1.54, 1.807) is 34.9 Å². The van der Waals surface area contributed by atoms with Gasteiger partial charge in [0, 0.05) is 22.8 Å². The number of nitrogens with zero attached hydrogens (tertiary/aromatic N) is 3. The summed E-state index contributed by atoms with van der Waals surface area (Å²) in [6.07, 6.45) is 1.67. The van der Waals surface area contributed by atoms with Crippen molar-refractivity contribution in [3.63, 3.8) is 0 Å². The molecular weight excluding hydrogens is 441 g/mol. The van der Waals surface area contributed by atoms with Gasteiger partial charge in [0.15, 0.2) is 11.0 Å². The van der Waals surface area contributed by atoms with Gasteiger partial charge in [-0.3, -0.25) is 9.59 Å². The monoisotopic (exact) mass is 459 g/mol. The first-order chi connectivity index (χ1) is 15.0. The van der Waals surface area contributed by atoms with Gasteiger partial charge in [-0.05, 0) is 42.5 Å². The standard InChI is InChI=1S/C21H19ClFN5O2S/c1-2-10-28-18(12-24-20(30)14-6-8-16(23)9-7-14)26-27-21(28)31-13-19(29)25-17-5-3-4-15(22)11-17/h2-9,11H,1,10,12-13H2,(H,24,30)(H,25,29). The van der Waals surface area contributed by atoms with Gasteiger partial charge < -0.3 is 15.2 Å². The molecule has 0 aliphatic carbocycles. The lowest BCUT2D eigenvalue weighted by atomic mass is 10.2. The van der Waals surface area contributed by atoms with Crippen molar-refractivity contribution in [3.8, 4) is 0 Å². The van der Waals surface area contributed by atoms with Crippen LogP contribution in [0.15, 0.2) is 66.3 Å². The number of benzene rings is 2. The third-order valence-electron chi connectivity index (χ3n) is 4.06. The van der Waals surface area contributed by atoms with Gasteiger partial charge in [0.25, 0.3) is 5.91 Å². The minimum Gasteiger partial charge on any atom is -0.345 e. The number of aromatic nitrogens is 3. The zero-order chi connectivity index (χ0) is 22.2. The zero-order valence-electron chi connectivity index (χ0n) is 16.3. The van der Waals surface area contributed by atoms with E-state index in [0.717, 1.165) is 0 Å². The van der Waals surface area contributed by atoms with Crippen LogP contribution < -0.4 is 10.6 Å². The first kappa shape index (κ1) is 22.5. The second-order valence-electron chi connectivity index (χ2n) is 6.33. The molecule has 3 aromatic rings. The normalized spacial score (nSPS) is 10.5. The van der Waals surface area contributed by atoms with E-state index in [1.165, 1.54) is 36.0 Å². The maximum Gasteiger partial charge on any atom is 0.251 e. The summed E-state index contributed by atoms with van der Waals surface area (Å²) in [7, 11) is 0. The number of carbonyl (C=O) groups excluding carboxylic acids is 2. The number of hydrogen-bond donors (Lipinski definition) is 2. The van der Waals surface area contributed by atoms with Gasteiger partial charge >= 0.3 is 0 Å². The molecule has 0 saturated heterocycles. The molecule has 0 atom stereocenters. The molecule has 31 heavy (non-hydrogen) atoms. The molecule has 2 aromatic carbocycles. The summed E-state index contributed by atoms with van der Waals surface area (Å²) in [4.78, 5) is 24.5. The van der Waals surface area contributed by atoms with Gasteiger partial charge in [-0.25, -0.2) is 4.39 Å². The number of allylic oxidation sites excluding steroid dienone is 1. The minimum atomic E-state index is -0.414. The Hall–Kier alpha value is -3.17. The molecule has 2 N–H and O–H groups in total. The molecule has 0 unspecified atom stereocenters. The average Bonchev–Trinajstić information content (AvgIpc) is 3.13. The van der Waals surface area contributed by atoms with Crippen LogP contribution >= 0.6 is 23.4 Å². The van der Waals surface area contributed by atoms with E-state index in [-0.39, 0.29) is 24.1 Å². The lowest BCUT2D eigenvalue weighted by Crippen LogP contribution is -2.25. The Labute approximate surface area is 187 Å². The summed E-state index contributed by atoms with van der Waals surface area (Å²) in [6, 6.07) is 12.1. The van der Waals surface area contributed by atoms with Crippen LogP contribution in [0, 0.1) is 5.82 Å². The maximum atomic E-state index is 13.0. The van der Waals surface area contributed by atoms with Crippen LogP contribution in [0.2, 0.25) is 5.02 Å². The summed E-state index contributed by atoms with van der Waals surface area (Å²) in [5.41, 5.74) is 0.943. The Bertz CT molecular complexity index is 1090. The lowest BCUT2D eigenvalue weighted by Gasteiger charge is -2.09. The quantitative estimate of drug-likeness (QED) is 0.374. The fourth-order valence-electron chi connectivity index (χ4n) is 2.63. The van der Waals surface area contributed by atoms with Crippen LogP contribution in [0.25, 0.3) is 0 Å². The number of amides is 2. The van der Waals surface area contributed by atoms with E-state index >= 15 is 0 Å². The highest BCUT2D eigenvalue weighted by Crippen LogP contribution is 2.19. The van der Waals surface area contributed by atoms with Crippen molar-refractivity contribution >= 4 is 40.9 Å². The van der Waals surface area contributed by atoms with Crippen molar-refractivity contribution in [2.75, 3.05) is 11.1 Å². The van der Waals surface area contributed by atoms with Gasteiger partial charge in [-0.15, -0.1) is 16.8 Å². The molecule has 1 aromatic heterocycles. The smallest absolute Gasteiger partial charge is 0.251 e. The molecule has 0 fully saturated rings. The Morgan fingerprint density at radius 2 is 1.97 bits per heavy atom. The Kier molecular flexibility index (Phi) is 7.80. The van der Waals surface area contributed by atoms with Crippen LogP contribution in [0.5, 0.6) is 0 Å². The molecule has 10 heteroatoms. The van der Waals surface area contributed by atoms with Gasteiger partial charge in [-0.1, -0.05) is 35.5 Å². The predicted molar refractivity (Wildman–Crippen MR) is 119 cm³/mol. The van der Waals surface area contributed by atoms with E-state index in [2.05, 4.69) is 27.4 Å². The van der Waals surface area contributed by atoms with E-state index in [0.29, 0.717) is 33.8 Å². The van der Waals surface area contributed by atoms with Crippen molar-refractivity contribution in [2.24, 2.45) is 0 Å². The Balaban J connectivity index is 1.60. The van der Waals surface area contributed by atoms with Crippen molar-refractivity contribution in [3.05, 3.63) is 83.4 Å². The molecule has 7 nitrogen and oxygen atoms in total. The van der Waals surface area contributed by atoms with Crippen molar-refractivity contribution in [1.29, 1.82) is 0 Å². The summed E-state index contributed by atoms with van der Waals surface area (Å²) in [5.74, 6) is -0.365. The highest BCUT2D eigenvalue weighted by atomic mass is 35.5. The average molecular weight is 460 g/mol. The third-order valence-corrected chi connectivity index (χ3v) is 5.26. The zero-order valence-corrected chi connectivity index (χ0v) is 17.9. The molecule has 0 saturated carbocycles. The largest absolute Gasteiger partial charge is 0.345 e. The summed E-state index contributed by atoms with van der Waals surface area (Å²) >= 11 is 7.14. The van der Waals surface area contributed by atoms with E-state index in [4.69, 9.17) is 11.6 Å². The van der Waals surface area contributed by atoms with Crippen LogP contribution in [0.3, 0.4) is 0 Å². The van der Waals surface area contributed by atoms with Crippen molar-refractivity contribution in [1.82, 2.24) is 20.1 Å². The SMILES string of the molecule is C=CCn1c(CNC(=O)c2ccc(F)cc2)nnc1SCC(=O)Nc1cccc(Cl)c1. The number of hydrogen-bond acceptors (Lipinski definition) is 5. The maximum absolute atomic E-state index is 13.0. The minimum absolute atomic E-state index is 0.115. The molecule has 2 amide bonds. The van der Waals surface area contributed by atoms with Crippen molar-refractivity contribution in [2.45, 2.75) is 18.2 Å². The molecule has 0 spiro atoms. The third kappa shape index (κ3) is 6.40. The highest BCUT2D eigenvalue weighted by molar-refractivity contribution is 7.99. The summed E-state index contributed by atoms with van der Waals surface area (Å²) in [6.45, 7) is 4.25. The fraction of sp³-hybridized carbons (Fsp3) is 0.143. The molecule has 0 radical (unpaired) electrons. The predicted octanol–water partition coefficient (Wildman–Crippen LogP) is 3.92. The van der Waals surface area contributed by atoms with Gasteiger partial charge in [0.2, 0.25) is 5.91 Å². The summed E-state index contributed by atoms with van der Waals surface area (Å²) in [5, 5.41) is 14.8. The number of rotatable bonds is 9. The van der Waals surface area contributed by atoms with Gasteiger partial charge in [0.1, 0.15) is 5.82 Å². The molecular formula is C21H19ClFN5O2S. The van der Waals surface area contributed by atoms with Crippen LogP contribution in [-0.2, 0) is 17.9 Å². The van der Waals surface area contributed by atoms with Crippen LogP contribution in [-0.4, -0.2) is 32.3 Å². The first-order valence-electron chi connectivity index (χ1n) is 9.21. The number of halogens is 2. The Morgan fingerprint density at radius 3 is 2.68 bits per heavy atom. The Morgan fingerprint density at radius 1 is 1.19 bits per heavy atom. The van der Waals surface area contributed by atoms with Gasteiger partial charge in [0.05, 0.1) is 12.3 Å². The lowest BCUT2D eigenvalue weighted by molar-refractivity contribution is -0.113. The van der Waals surface area contributed by atoms with E-state index < -0.39 is 5.82 Å². The van der Waals surface area contributed by atoms with E-state index in [1.807, 2.05) is 0 Å². The first-order valence-corrected chi connectivity index (χ1v) is 10.6. The molecule has 0 aliphatic rings. The van der Waals surface area contributed by atoms with Crippen LogP contribution in [0.1, 0.15) is 16.2 Å². The highest BCUT2D eigenvalue weighted by Gasteiger charge is 2.15. The van der Waals surface area contributed by atoms with Crippen molar-refractivity contribution < 1.29 is 14.0 Å². The number of nitrogens with one attached hydrogen (secondary N) is 2. The number of anilines is 1. The molecule has 3 rings (SSSR count). The molecule has 1 heterocycles. The fourth-order valence-corrected chi connectivity index (χ4v) is 3.58. The molecule has 160 valence electrons. The topological polar surface area (TPSA) is 88.9 Å². The van der Waals surface area contributed by atoms with Gasteiger partial charge in [-0.2, -0.15) is 0 Å². The van der Waals surface area contributed by atoms with E-state index in [9.17, 15) is 14.0 Å². The van der Waals surface area contributed by atoms with Crippen LogP contribution in [0.4, 0.5) is 10.1 Å². The summed E-state index contributed by atoms with van der Waals surface area (Å²) < 4.78 is 14.8. The second kappa shape index (κ2) is 10.7. The molecule has 0 aliphatic heterocycles. The number of thioether (sulfide) groups is 1. The second-order valence-corrected chi connectivity index (χ2v) is 7.71. The molecule has 0 bridgehead atoms. The number of carbonyl (C=O) groups is 2.